The van der Waals surface area contributed by atoms with E-state index in [2.05, 4.69) is 15.6 Å². The van der Waals surface area contributed by atoms with Gasteiger partial charge in [0.15, 0.2) is 0 Å². The van der Waals surface area contributed by atoms with E-state index in [1.54, 1.807) is 22.6 Å². The third-order valence-corrected chi connectivity index (χ3v) is 7.71. The molecular weight excluding hydrogens is 494 g/mol. The Bertz CT molecular complexity index is 1440. The van der Waals surface area contributed by atoms with Crippen molar-refractivity contribution in [2.24, 2.45) is 0 Å². The molecule has 10 heteroatoms. The summed E-state index contributed by atoms with van der Waals surface area (Å²) in [5, 5.41) is 7.16. The number of carbonyl (C=O) groups is 2. The van der Waals surface area contributed by atoms with E-state index in [9.17, 15) is 14.4 Å². The van der Waals surface area contributed by atoms with Crippen LogP contribution in [0.2, 0.25) is 0 Å². The molecule has 2 N–H and O–H groups in total. The highest BCUT2D eigenvalue weighted by molar-refractivity contribution is 5.82. The van der Waals surface area contributed by atoms with Crippen LogP contribution in [-0.4, -0.2) is 74.5 Å². The minimum absolute atomic E-state index is 0.00955. The van der Waals surface area contributed by atoms with Crippen molar-refractivity contribution in [3.05, 3.63) is 52.4 Å². The number of fused-ring (bicyclic) bond motifs is 1. The third-order valence-electron chi connectivity index (χ3n) is 7.71. The number of carbonyl (C=O) groups excluding carboxylic acids is 2. The minimum atomic E-state index is -0.168. The number of nitrogens with one attached hydrogen (secondary N) is 2. The first-order valence-electron chi connectivity index (χ1n) is 13.8. The number of amides is 3. The lowest BCUT2D eigenvalue weighted by Gasteiger charge is -2.33. The molecule has 0 spiro atoms. The molecule has 39 heavy (non-hydrogen) atoms. The topological polar surface area (TPSA) is 112 Å². The maximum absolute atomic E-state index is 14.0. The van der Waals surface area contributed by atoms with Gasteiger partial charge in [0.1, 0.15) is 5.65 Å². The molecule has 3 amide bonds. The highest BCUT2D eigenvalue weighted by Crippen LogP contribution is 2.29. The molecule has 0 bridgehead atoms. The number of rotatable bonds is 5. The molecule has 206 valence electrons. The molecular formula is C29H37N7O3. The normalized spacial score (nSPS) is 18.1. The summed E-state index contributed by atoms with van der Waals surface area (Å²) in [6.45, 7) is 9.86. The highest BCUT2D eigenvalue weighted by atomic mass is 16.2. The molecule has 0 aliphatic carbocycles. The van der Waals surface area contributed by atoms with E-state index in [1.807, 2.05) is 56.0 Å². The first kappa shape index (κ1) is 26.6. The first-order chi connectivity index (χ1) is 18.7. The molecule has 2 fully saturated rings. The monoisotopic (exact) mass is 531 g/mol. The Balaban J connectivity index is 1.46. The lowest BCUT2D eigenvalue weighted by atomic mass is 10.0. The van der Waals surface area contributed by atoms with Gasteiger partial charge in [-0.05, 0) is 57.2 Å². The Kier molecular flexibility index (Phi) is 7.54. The molecule has 2 aromatic heterocycles. The smallest absolute Gasteiger partial charge is 0.317 e. The standard InChI is InChI=1S/C29H37N7O3/c1-18(2)31-29(39)34-12-9-22(10-13-34)32-28-30-16-21-15-25(24-8-6-5-7-19(24)3)27(38)36(26(21)33-28)23-11-14-35(17-23)20(4)37/h5-8,15-16,18,22-23H,9-14,17H2,1-4H3,(H,31,39)(H,30,32,33)/t23-/m0/s1. The van der Waals surface area contributed by atoms with Crippen LogP contribution in [0.15, 0.2) is 41.3 Å². The van der Waals surface area contributed by atoms with Gasteiger partial charge in [-0.15, -0.1) is 0 Å². The number of aromatic nitrogens is 3. The zero-order valence-corrected chi connectivity index (χ0v) is 23.1. The zero-order valence-electron chi connectivity index (χ0n) is 23.1. The van der Waals surface area contributed by atoms with E-state index in [0.29, 0.717) is 49.8 Å². The van der Waals surface area contributed by atoms with Gasteiger partial charge in [-0.1, -0.05) is 24.3 Å². The fraction of sp³-hybridized carbons (Fsp3) is 0.483. The van der Waals surface area contributed by atoms with Gasteiger partial charge in [-0.2, -0.15) is 4.98 Å². The summed E-state index contributed by atoms with van der Waals surface area (Å²) in [7, 11) is 0. The van der Waals surface area contributed by atoms with Crippen molar-refractivity contribution in [1.29, 1.82) is 0 Å². The summed E-state index contributed by atoms with van der Waals surface area (Å²) in [5.41, 5.74) is 2.97. The summed E-state index contributed by atoms with van der Waals surface area (Å²) >= 11 is 0. The number of urea groups is 1. The molecule has 1 atom stereocenters. The molecule has 3 aromatic rings. The van der Waals surface area contributed by atoms with Crippen LogP contribution >= 0.6 is 0 Å². The average molecular weight is 532 g/mol. The van der Waals surface area contributed by atoms with Gasteiger partial charge >= 0.3 is 6.03 Å². The van der Waals surface area contributed by atoms with Crippen LogP contribution in [0.25, 0.3) is 22.2 Å². The largest absolute Gasteiger partial charge is 0.351 e. The summed E-state index contributed by atoms with van der Waals surface area (Å²) in [5.74, 6) is 0.473. The Morgan fingerprint density at radius 3 is 2.41 bits per heavy atom. The fourth-order valence-corrected chi connectivity index (χ4v) is 5.58. The molecule has 0 radical (unpaired) electrons. The Labute approximate surface area is 228 Å². The number of piperidine rings is 1. The fourth-order valence-electron chi connectivity index (χ4n) is 5.58. The molecule has 4 heterocycles. The van der Waals surface area contributed by atoms with Crippen LogP contribution < -0.4 is 16.2 Å². The van der Waals surface area contributed by atoms with E-state index in [4.69, 9.17) is 4.98 Å². The number of aryl methyl sites for hydroxylation is 1. The number of hydrogen-bond donors (Lipinski definition) is 2. The third kappa shape index (κ3) is 5.60. The van der Waals surface area contributed by atoms with E-state index in [0.717, 1.165) is 29.4 Å². The molecule has 0 saturated carbocycles. The van der Waals surface area contributed by atoms with Crippen LogP contribution in [0.5, 0.6) is 0 Å². The molecule has 2 aliphatic heterocycles. The second kappa shape index (κ2) is 11.0. The van der Waals surface area contributed by atoms with Crippen molar-refractivity contribution in [3.8, 4) is 11.1 Å². The summed E-state index contributed by atoms with van der Waals surface area (Å²) < 4.78 is 1.77. The highest BCUT2D eigenvalue weighted by Gasteiger charge is 2.29. The van der Waals surface area contributed by atoms with Gasteiger partial charge in [0.05, 0.1) is 6.04 Å². The lowest BCUT2D eigenvalue weighted by molar-refractivity contribution is -0.127. The molecule has 0 unspecified atom stereocenters. The first-order valence-corrected chi connectivity index (χ1v) is 13.8. The SMILES string of the molecule is CC(=O)N1CC[C@H](n2c(=O)c(-c3ccccc3C)cc3cnc(NC4CCN(C(=O)NC(C)C)CC4)nc32)C1. The maximum Gasteiger partial charge on any atom is 0.317 e. The zero-order chi connectivity index (χ0) is 27.7. The quantitative estimate of drug-likeness (QED) is 0.521. The van der Waals surface area contributed by atoms with Gasteiger partial charge in [0.25, 0.3) is 5.56 Å². The summed E-state index contributed by atoms with van der Waals surface area (Å²) in [6, 6.07) is 9.76. The van der Waals surface area contributed by atoms with E-state index in [-0.39, 0.29) is 35.6 Å². The Morgan fingerprint density at radius 1 is 1.03 bits per heavy atom. The molecule has 1 aromatic carbocycles. The minimum Gasteiger partial charge on any atom is -0.351 e. The Morgan fingerprint density at radius 2 is 1.74 bits per heavy atom. The second-order valence-electron chi connectivity index (χ2n) is 10.9. The molecule has 2 saturated heterocycles. The Hall–Kier alpha value is -3.95. The average Bonchev–Trinajstić information content (AvgIpc) is 3.39. The van der Waals surface area contributed by atoms with E-state index in [1.165, 1.54) is 0 Å². The van der Waals surface area contributed by atoms with Crippen molar-refractivity contribution in [2.75, 3.05) is 31.5 Å². The number of benzene rings is 1. The van der Waals surface area contributed by atoms with Gasteiger partial charge < -0.3 is 20.4 Å². The predicted octanol–water partition coefficient (Wildman–Crippen LogP) is 3.55. The number of nitrogens with zero attached hydrogens (tertiary/aromatic N) is 5. The lowest BCUT2D eigenvalue weighted by Crippen LogP contribution is -2.48. The van der Waals surface area contributed by atoms with E-state index < -0.39 is 0 Å². The van der Waals surface area contributed by atoms with Crippen molar-refractivity contribution >= 4 is 28.9 Å². The number of pyridine rings is 1. The second-order valence-corrected chi connectivity index (χ2v) is 10.9. The van der Waals surface area contributed by atoms with Crippen LogP contribution in [0.4, 0.5) is 10.7 Å². The van der Waals surface area contributed by atoms with E-state index >= 15 is 0 Å². The number of anilines is 1. The molecule has 2 aliphatic rings. The summed E-state index contributed by atoms with van der Waals surface area (Å²) in [4.78, 5) is 51.5. The van der Waals surface area contributed by atoms with Crippen molar-refractivity contribution < 1.29 is 9.59 Å². The van der Waals surface area contributed by atoms with Crippen LogP contribution in [0.3, 0.4) is 0 Å². The summed E-state index contributed by atoms with van der Waals surface area (Å²) in [6.07, 6.45) is 4.02. The number of likely N-dealkylation sites (tertiary alicyclic amines) is 2. The predicted molar refractivity (Wildman–Crippen MR) is 152 cm³/mol. The van der Waals surface area contributed by atoms with Gasteiger partial charge in [0, 0.05) is 62.3 Å². The molecule has 5 rings (SSSR count). The van der Waals surface area contributed by atoms with Crippen LogP contribution in [0.1, 0.15) is 51.6 Å². The van der Waals surface area contributed by atoms with Gasteiger partial charge in [0.2, 0.25) is 11.9 Å². The van der Waals surface area contributed by atoms with Crippen LogP contribution in [0, 0.1) is 6.92 Å². The number of hydrogen-bond acceptors (Lipinski definition) is 6. The van der Waals surface area contributed by atoms with Crippen molar-refractivity contribution in [2.45, 2.75) is 65.1 Å². The van der Waals surface area contributed by atoms with Gasteiger partial charge in [-0.3, -0.25) is 14.2 Å². The van der Waals surface area contributed by atoms with Crippen molar-refractivity contribution in [3.63, 3.8) is 0 Å². The molecule has 10 nitrogen and oxygen atoms in total. The van der Waals surface area contributed by atoms with Crippen molar-refractivity contribution in [1.82, 2.24) is 29.7 Å². The van der Waals surface area contributed by atoms with Gasteiger partial charge in [-0.25, -0.2) is 9.78 Å². The van der Waals surface area contributed by atoms with Crippen LogP contribution in [-0.2, 0) is 4.79 Å². The maximum atomic E-state index is 14.0.